The molecule has 0 aliphatic rings. The van der Waals surface area contributed by atoms with Crippen LogP contribution in [0.15, 0.2) is 23.6 Å². The molecular weight excluding hydrogens is 350 g/mol. The maximum absolute atomic E-state index is 12.3. The van der Waals surface area contributed by atoms with Crippen LogP contribution < -0.4 is 9.47 Å². The van der Waals surface area contributed by atoms with Crippen LogP contribution in [0.25, 0.3) is 11.3 Å². The minimum Gasteiger partial charge on any atom is -0.484 e. The van der Waals surface area contributed by atoms with Gasteiger partial charge in [0.2, 0.25) is 0 Å². The van der Waals surface area contributed by atoms with E-state index < -0.39 is 25.6 Å². The van der Waals surface area contributed by atoms with Crippen molar-refractivity contribution in [3.63, 3.8) is 0 Å². The van der Waals surface area contributed by atoms with Gasteiger partial charge in [0.25, 0.3) is 0 Å². The second-order valence-corrected chi connectivity index (χ2v) is 4.87. The van der Waals surface area contributed by atoms with E-state index in [9.17, 15) is 26.3 Å². The smallest absolute Gasteiger partial charge is 0.422 e. The Kier molecular flexibility index (Phi) is 4.97. The summed E-state index contributed by atoms with van der Waals surface area (Å²) in [5, 5.41) is 5.16. The third-order valence-corrected chi connectivity index (χ3v) is 2.89. The molecule has 0 radical (unpaired) electrons. The SMILES string of the molecule is FC(F)(F)COc1ccc(-c2csnn2)c(OCC(F)(F)F)c1. The van der Waals surface area contributed by atoms with Crippen LogP contribution in [0.4, 0.5) is 26.3 Å². The van der Waals surface area contributed by atoms with Gasteiger partial charge in [0.1, 0.15) is 17.2 Å². The second kappa shape index (κ2) is 6.60. The summed E-state index contributed by atoms with van der Waals surface area (Å²) in [6, 6.07) is 3.39. The van der Waals surface area contributed by atoms with E-state index >= 15 is 0 Å². The summed E-state index contributed by atoms with van der Waals surface area (Å²) in [4.78, 5) is 0. The van der Waals surface area contributed by atoms with Crippen LogP contribution in [-0.2, 0) is 0 Å². The van der Waals surface area contributed by atoms with Crippen LogP contribution >= 0.6 is 11.5 Å². The van der Waals surface area contributed by atoms with Gasteiger partial charge in [-0.3, -0.25) is 0 Å². The Balaban J connectivity index is 2.25. The van der Waals surface area contributed by atoms with E-state index in [2.05, 4.69) is 19.1 Å². The number of nitrogens with zero attached hydrogens (tertiary/aromatic N) is 2. The molecule has 2 rings (SSSR count). The van der Waals surface area contributed by atoms with Crippen LogP contribution in [0, 0.1) is 0 Å². The Bertz CT molecular complexity index is 642. The normalized spacial score (nSPS) is 12.3. The fourth-order valence-corrected chi connectivity index (χ4v) is 1.99. The summed E-state index contributed by atoms with van der Waals surface area (Å²) < 4.78 is 86.0. The number of hydrogen-bond acceptors (Lipinski definition) is 5. The van der Waals surface area contributed by atoms with Crippen molar-refractivity contribution < 1.29 is 35.8 Å². The highest BCUT2D eigenvalue weighted by atomic mass is 32.1. The Labute approximate surface area is 129 Å². The van der Waals surface area contributed by atoms with Gasteiger partial charge in [0.15, 0.2) is 13.2 Å². The molecule has 0 aliphatic heterocycles. The first kappa shape index (κ1) is 17.3. The fraction of sp³-hybridized carbons (Fsp3) is 0.333. The van der Waals surface area contributed by atoms with Crippen LogP contribution in [0.2, 0.25) is 0 Å². The molecule has 11 heteroatoms. The maximum atomic E-state index is 12.3. The monoisotopic (exact) mass is 358 g/mol. The maximum Gasteiger partial charge on any atom is 0.422 e. The molecule has 0 aliphatic carbocycles. The lowest BCUT2D eigenvalue weighted by Gasteiger charge is -2.14. The number of alkyl halides is 6. The van der Waals surface area contributed by atoms with Gasteiger partial charge in [-0.05, 0) is 23.7 Å². The molecule has 2 aromatic rings. The van der Waals surface area contributed by atoms with Crippen molar-refractivity contribution in [3.05, 3.63) is 23.6 Å². The van der Waals surface area contributed by atoms with Crippen LogP contribution in [-0.4, -0.2) is 35.2 Å². The number of halogens is 6. The zero-order valence-electron chi connectivity index (χ0n) is 11.1. The third-order valence-electron chi connectivity index (χ3n) is 2.38. The van der Waals surface area contributed by atoms with Gasteiger partial charge in [0, 0.05) is 17.0 Å². The number of aromatic nitrogens is 2. The Morgan fingerprint density at radius 3 is 2.17 bits per heavy atom. The van der Waals surface area contributed by atoms with E-state index in [0.717, 1.165) is 17.6 Å². The molecule has 0 saturated carbocycles. The van der Waals surface area contributed by atoms with E-state index in [4.69, 9.17) is 0 Å². The summed E-state index contributed by atoms with van der Waals surface area (Å²) in [6.07, 6.45) is -9.16. The fourth-order valence-electron chi connectivity index (χ4n) is 1.53. The van der Waals surface area contributed by atoms with Gasteiger partial charge < -0.3 is 9.47 Å². The summed E-state index contributed by atoms with van der Waals surface area (Å²) >= 11 is 0.966. The molecule has 0 saturated heterocycles. The van der Waals surface area contributed by atoms with Gasteiger partial charge >= 0.3 is 12.4 Å². The summed E-state index contributed by atoms with van der Waals surface area (Å²) in [5.74, 6) is -0.568. The number of rotatable bonds is 5. The lowest BCUT2D eigenvalue weighted by molar-refractivity contribution is -0.153. The molecular formula is C12H8F6N2O2S. The lowest BCUT2D eigenvalue weighted by Crippen LogP contribution is -2.20. The van der Waals surface area contributed by atoms with Crippen molar-refractivity contribution in [3.8, 4) is 22.8 Å². The molecule has 0 atom stereocenters. The topological polar surface area (TPSA) is 44.2 Å². The van der Waals surface area contributed by atoms with Crippen LogP contribution in [0.5, 0.6) is 11.5 Å². The van der Waals surface area contributed by atoms with Crippen LogP contribution in [0.1, 0.15) is 0 Å². The van der Waals surface area contributed by atoms with Crippen molar-refractivity contribution >= 4 is 11.5 Å². The highest BCUT2D eigenvalue weighted by Crippen LogP contribution is 2.34. The largest absolute Gasteiger partial charge is 0.484 e. The van der Waals surface area contributed by atoms with Gasteiger partial charge in [-0.1, -0.05) is 4.49 Å². The quantitative estimate of drug-likeness (QED) is 0.756. The molecule has 23 heavy (non-hydrogen) atoms. The summed E-state index contributed by atoms with van der Waals surface area (Å²) in [5.41, 5.74) is 0.414. The molecule has 0 spiro atoms. The molecule has 0 N–H and O–H groups in total. The van der Waals surface area contributed by atoms with Crippen molar-refractivity contribution in [2.45, 2.75) is 12.4 Å². The molecule has 126 valence electrons. The molecule has 0 unspecified atom stereocenters. The van der Waals surface area contributed by atoms with E-state index in [0.29, 0.717) is 0 Å². The zero-order chi connectivity index (χ0) is 17.1. The minimum atomic E-state index is -4.60. The number of ether oxygens (including phenoxy) is 2. The lowest BCUT2D eigenvalue weighted by atomic mass is 10.1. The summed E-state index contributed by atoms with van der Waals surface area (Å²) in [7, 11) is 0. The van der Waals surface area contributed by atoms with Gasteiger partial charge in [-0.2, -0.15) is 26.3 Å². The Hall–Kier alpha value is -2.04. The molecule has 0 bridgehead atoms. The molecule has 1 aromatic heterocycles. The average Bonchev–Trinajstić information content (AvgIpc) is 2.95. The zero-order valence-corrected chi connectivity index (χ0v) is 11.9. The van der Waals surface area contributed by atoms with Crippen molar-refractivity contribution in [1.82, 2.24) is 9.59 Å². The minimum absolute atomic E-state index is 0.169. The molecule has 0 amide bonds. The second-order valence-electron chi connectivity index (χ2n) is 4.26. The molecule has 0 fully saturated rings. The molecule has 1 aromatic carbocycles. The first-order valence-corrected chi connectivity index (χ1v) is 6.78. The van der Waals surface area contributed by atoms with E-state index in [1.54, 1.807) is 0 Å². The van der Waals surface area contributed by atoms with Crippen molar-refractivity contribution in [1.29, 1.82) is 0 Å². The number of benzene rings is 1. The van der Waals surface area contributed by atoms with E-state index in [1.165, 1.54) is 17.5 Å². The third kappa shape index (κ3) is 5.58. The first-order valence-electron chi connectivity index (χ1n) is 5.95. The predicted octanol–water partition coefficient (Wildman–Crippen LogP) is 4.09. The summed E-state index contributed by atoms with van der Waals surface area (Å²) in [6.45, 7) is -3.16. The van der Waals surface area contributed by atoms with Crippen molar-refractivity contribution in [2.75, 3.05) is 13.2 Å². The van der Waals surface area contributed by atoms with Gasteiger partial charge in [-0.25, -0.2) is 0 Å². The molecule has 1 heterocycles. The Morgan fingerprint density at radius 1 is 0.957 bits per heavy atom. The van der Waals surface area contributed by atoms with Gasteiger partial charge in [0.05, 0.1) is 0 Å². The van der Waals surface area contributed by atoms with E-state index in [-0.39, 0.29) is 22.8 Å². The van der Waals surface area contributed by atoms with Gasteiger partial charge in [-0.15, -0.1) is 5.10 Å². The Morgan fingerprint density at radius 2 is 1.61 bits per heavy atom. The van der Waals surface area contributed by atoms with Crippen molar-refractivity contribution in [2.24, 2.45) is 0 Å². The highest BCUT2D eigenvalue weighted by molar-refractivity contribution is 7.03. The highest BCUT2D eigenvalue weighted by Gasteiger charge is 2.30. The van der Waals surface area contributed by atoms with Crippen LogP contribution in [0.3, 0.4) is 0 Å². The standard InChI is InChI=1S/C12H8F6N2O2S/c13-11(14,15)5-21-7-1-2-8(9-4-23-20-19-9)10(3-7)22-6-12(16,17)18/h1-4H,5-6H2. The average molecular weight is 358 g/mol. The molecule has 4 nitrogen and oxygen atoms in total. The van der Waals surface area contributed by atoms with E-state index in [1.807, 2.05) is 0 Å². The number of hydrogen-bond donors (Lipinski definition) is 0. The predicted molar refractivity (Wildman–Crippen MR) is 68.4 cm³/mol. The first-order chi connectivity index (χ1) is 10.6.